The van der Waals surface area contributed by atoms with Crippen LogP contribution >= 0.6 is 0 Å². The summed E-state index contributed by atoms with van der Waals surface area (Å²) in [7, 11) is 0. The molecule has 1 saturated heterocycles. The number of carbonyl (C=O) groups is 1. The Morgan fingerprint density at radius 3 is 2.69 bits per heavy atom. The van der Waals surface area contributed by atoms with Crippen molar-refractivity contribution in [2.45, 2.75) is 76.5 Å². The Hall–Kier alpha value is -1.47. The fraction of sp³-hybridized carbons (Fsp3) is 0.650. The van der Waals surface area contributed by atoms with E-state index in [1.807, 2.05) is 31.2 Å². The molecule has 0 aromatic carbocycles. The van der Waals surface area contributed by atoms with Crippen LogP contribution in [-0.2, 0) is 9.53 Å². The lowest BCUT2D eigenvalue weighted by molar-refractivity contribution is -0.199. The van der Waals surface area contributed by atoms with Crippen LogP contribution < -0.4 is 0 Å². The number of aliphatic hydroxyl groups excluding tert-OH is 3. The maximum absolute atomic E-state index is 10.5. The molecule has 0 radical (unpaired) electrons. The van der Waals surface area contributed by atoms with Gasteiger partial charge in [-0.25, -0.2) is 0 Å². The molecule has 1 fully saturated rings. The number of rotatable bonds is 11. The minimum Gasteiger partial charge on any atom is -0.481 e. The molecule has 6 heteroatoms. The Balaban J connectivity index is 2.56. The van der Waals surface area contributed by atoms with Crippen LogP contribution in [0.2, 0.25) is 0 Å². The molecule has 1 aliphatic heterocycles. The van der Waals surface area contributed by atoms with Crippen molar-refractivity contribution < 1.29 is 30.0 Å². The second-order valence-electron chi connectivity index (χ2n) is 6.58. The molecular weight excluding hydrogens is 336 g/mol. The van der Waals surface area contributed by atoms with Crippen LogP contribution in [0.15, 0.2) is 36.5 Å². The number of hydrogen-bond acceptors (Lipinski definition) is 5. The molecule has 1 heterocycles. The number of carboxylic acids is 1. The zero-order valence-electron chi connectivity index (χ0n) is 15.4. The first-order valence-electron chi connectivity index (χ1n) is 9.33. The zero-order valence-corrected chi connectivity index (χ0v) is 15.4. The van der Waals surface area contributed by atoms with Crippen LogP contribution in [0.1, 0.15) is 51.9 Å². The lowest BCUT2D eigenvalue weighted by atomic mass is 9.87. The van der Waals surface area contributed by atoms with Crippen molar-refractivity contribution >= 4 is 5.97 Å². The van der Waals surface area contributed by atoms with Crippen LogP contribution in [0.25, 0.3) is 0 Å². The first-order valence-corrected chi connectivity index (χ1v) is 9.33. The average Bonchev–Trinajstić information content (AvgIpc) is 2.57. The highest BCUT2D eigenvalue weighted by molar-refractivity contribution is 5.66. The highest BCUT2D eigenvalue weighted by Gasteiger charge is 2.35. The maximum atomic E-state index is 10.5. The summed E-state index contributed by atoms with van der Waals surface area (Å²) < 4.78 is 5.52. The standard InChI is InChI=1S/C20H32O6/c1-2-3-6-9-15(21)12-13-18-16(17(22)14-20(25)26-18)10-7-4-5-8-11-19(23)24/h3-4,6-7,12-13,15-18,20-22,25H,2,5,8-11,14H2,1H3,(H,23,24)/b6-3-,7-4-,13-12+/t15-,16-,17-,18+,20+/m0/s1. The van der Waals surface area contributed by atoms with Gasteiger partial charge in [0.05, 0.1) is 18.3 Å². The zero-order chi connectivity index (χ0) is 19.4. The smallest absolute Gasteiger partial charge is 0.303 e. The summed E-state index contributed by atoms with van der Waals surface area (Å²) in [4.78, 5) is 10.5. The SMILES string of the molecule is CC/C=C\C[C@H](O)/C=C/[C@H]1O[C@@H](O)C[C@H](O)[C@@H]1C/C=C\CCCC(=O)O. The molecule has 4 N–H and O–H groups in total. The predicted molar refractivity (Wildman–Crippen MR) is 99.4 cm³/mol. The number of ether oxygens (including phenoxy) is 1. The van der Waals surface area contributed by atoms with Crippen LogP contribution in [-0.4, -0.2) is 51.0 Å². The molecule has 0 bridgehead atoms. The van der Waals surface area contributed by atoms with E-state index < -0.39 is 30.6 Å². The third-order valence-corrected chi connectivity index (χ3v) is 4.31. The van der Waals surface area contributed by atoms with Crippen molar-refractivity contribution in [3.05, 3.63) is 36.5 Å². The maximum Gasteiger partial charge on any atom is 0.303 e. The molecular formula is C20H32O6. The van der Waals surface area contributed by atoms with Gasteiger partial charge in [0.1, 0.15) is 0 Å². The van der Waals surface area contributed by atoms with Gasteiger partial charge in [0.25, 0.3) is 0 Å². The van der Waals surface area contributed by atoms with E-state index in [9.17, 15) is 20.1 Å². The molecule has 0 spiro atoms. The molecule has 0 amide bonds. The molecule has 1 rings (SSSR count). The monoisotopic (exact) mass is 368 g/mol. The topological polar surface area (TPSA) is 107 Å². The lowest BCUT2D eigenvalue weighted by Crippen LogP contribution is -2.43. The lowest BCUT2D eigenvalue weighted by Gasteiger charge is -2.36. The van der Waals surface area contributed by atoms with E-state index in [1.54, 1.807) is 12.2 Å². The Labute approximate surface area is 155 Å². The molecule has 0 aromatic rings. The quantitative estimate of drug-likeness (QED) is 0.330. The summed E-state index contributed by atoms with van der Waals surface area (Å²) in [6.45, 7) is 2.02. The summed E-state index contributed by atoms with van der Waals surface area (Å²) >= 11 is 0. The van der Waals surface area contributed by atoms with E-state index in [1.165, 1.54) is 0 Å². The number of unbranched alkanes of at least 4 members (excludes halogenated alkanes) is 1. The van der Waals surface area contributed by atoms with Crippen LogP contribution in [0.4, 0.5) is 0 Å². The van der Waals surface area contributed by atoms with Crippen molar-refractivity contribution in [3.8, 4) is 0 Å². The Morgan fingerprint density at radius 2 is 2.00 bits per heavy atom. The summed E-state index contributed by atoms with van der Waals surface area (Å²) in [5, 5.41) is 38.6. The first-order chi connectivity index (χ1) is 12.4. The average molecular weight is 368 g/mol. The minimum atomic E-state index is -1.02. The van der Waals surface area contributed by atoms with Crippen molar-refractivity contribution in [2.75, 3.05) is 0 Å². The first kappa shape index (κ1) is 22.6. The fourth-order valence-corrected chi connectivity index (χ4v) is 2.88. The van der Waals surface area contributed by atoms with Crippen LogP contribution in [0.3, 0.4) is 0 Å². The summed E-state index contributed by atoms with van der Waals surface area (Å²) in [6.07, 6.45) is 11.8. The van der Waals surface area contributed by atoms with Crippen molar-refractivity contribution in [1.82, 2.24) is 0 Å². The van der Waals surface area contributed by atoms with E-state index in [0.717, 1.165) is 6.42 Å². The Kier molecular flexibility index (Phi) is 11.1. The van der Waals surface area contributed by atoms with Gasteiger partial charge in [0.2, 0.25) is 0 Å². The second-order valence-corrected chi connectivity index (χ2v) is 6.58. The second kappa shape index (κ2) is 12.8. The highest BCUT2D eigenvalue weighted by Crippen LogP contribution is 2.29. The van der Waals surface area contributed by atoms with Gasteiger partial charge < -0.3 is 25.2 Å². The van der Waals surface area contributed by atoms with E-state index in [4.69, 9.17) is 9.84 Å². The number of aliphatic carboxylic acids is 1. The number of allylic oxidation sites excluding steroid dienone is 3. The molecule has 6 nitrogen and oxygen atoms in total. The Morgan fingerprint density at radius 1 is 1.23 bits per heavy atom. The molecule has 5 atom stereocenters. The number of hydrogen-bond donors (Lipinski definition) is 4. The van der Waals surface area contributed by atoms with E-state index >= 15 is 0 Å². The number of aliphatic hydroxyl groups is 3. The highest BCUT2D eigenvalue weighted by atomic mass is 16.6. The molecule has 1 aliphatic rings. The van der Waals surface area contributed by atoms with Crippen molar-refractivity contribution in [1.29, 1.82) is 0 Å². The number of carboxylic acid groups (broad SMARTS) is 1. The molecule has 148 valence electrons. The third-order valence-electron chi connectivity index (χ3n) is 4.31. The summed E-state index contributed by atoms with van der Waals surface area (Å²) in [5.41, 5.74) is 0. The van der Waals surface area contributed by atoms with Gasteiger partial charge in [0, 0.05) is 18.8 Å². The van der Waals surface area contributed by atoms with E-state index in [2.05, 4.69) is 0 Å². The van der Waals surface area contributed by atoms with Gasteiger partial charge in [-0.15, -0.1) is 0 Å². The molecule has 0 saturated carbocycles. The van der Waals surface area contributed by atoms with Crippen molar-refractivity contribution in [2.24, 2.45) is 5.92 Å². The van der Waals surface area contributed by atoms with Gasteiger partial charge in [-0.1, -0.05) is 43.4 Å². The third kappa shape index (κ3) is 9.29. The van der Waals surface area contributed by atoms with Gasteiger partial charge in [-0.2, -0.15) is 0 Å². The van der Waals surface area contributed by atoms with Gasteiger partial charge >= 0.3 is 5.97 Å². The van der Waals surface area contributed by atoms with Crippen LogP contribution in [0, 0.1) is 5.92 Å². The summed E-state index contributed by atoms with van der Waals surface area (Å²) in [6, 6.07) is 0. The molecule has 26 heavy (non-hydrogen) atoms. The molecule has 0 aliphatic carbocycles. The Bertz CT molecular complexity index is 485. The van der Waals surface area contributed by atoms with E-state index in [0.29, 0.717) is 25.7 Å². The molecule has 0 unspecified atom stereocenters. The fourth-order valence-electron chi connectivity index (χ4n) is 2.88. The van der Waals surface area contributed by atoms with Gasteiger partial charge in [-0.3, -0.25) is 4.79 Å². The predicted octanol–water partition coefficient (Wildman–Crippen LogP) is 2.55. The van der Waals surface area contributed by atoms with Gasteiger partial charge in [-0.05, 0) is 32.1 Å². The minimum absolute atomic E-state index is 0.140. The van der Waals surface area contributed by atoms with Crippen molar-refractivity contribution in [3.63, 3.8) is 0 Å². The van der Waals surface area contributed by atoms with E-state index in [-0.39, 0.29) is 18.8 Å². The van der Waals surface area contributed by atoms with Gasteiger partial charge in [0.15, 0.2) is 6.29 Å². The largest absolute Gasteiger partial charge is 0.481 e. The molecule has 0 aromatic heterocycles. The summed E-state index contributed by atoms with van der Waals surface area (Å²) in [5.74, 6) is -1.02. The normalized spacial score (nSPS) is 28.3. The van der Waals surface area contributed by atoms with Crippen LogP contribution in [0.5, 0.6) is 0 Å².